The first-order valence-corrected chi connectivity index (χ1v) is 12.0. The number of likely N-dealkylation sites (tertiary alicyclic amines) is 1. The van der Waals surface area contributed by atoms with Crippen molar-refractivity contribution >= 4 is 16.8 Å². The Bertz CT molecular complexity index is 1250. The summed E-state index contributed by atoms with van der Waals surface area (Å²) in [6, 6.07) is 8.53. The molecular weight excluding hydrogens is 428 g/mol. The number of fused-ring (bicyclic) bond motifs is 1. The van der Waals surface area contributed by atoms with Gasteiger partial charge in [-0.1, -0.05) is 19.9 Å². The van der Waals surface area contributed by atoms with Gasteiger partial charge in [0.2, 0.25) is 5.91 Å². The fourth-order valence-corrected chi connectivity index (χ4v) is 5.11. The first kappa shape index (κ1) is 24.1. The lowest BCUT2D eigenvalue weighted by molar-refractivity contribution is -0.132. The molecule has 0 radical (unpaired) electrons. The second-order valence-electron chi connectivity index (χ2n) is 9.98. The minimum absolute atomic E-state index is 0.147. The second-order valence-corrected chi connectivity index (χ2v) is 9.98. The molecule has 0 atom stereocenters. The Morgan fingerprint density at radius 1 is 1.21 bits per heavy atom. The van der Waals surface area contributed by atoms with E-state index in [0.717, 1.165) is 42.7 Å². The van der Waals surface area contributed by atoms with Crippen LogP contribution in [-0.4, -0.2) is 66.1 Å². The Hall–Kier alpha value is -3.06. The molecule has 7 heteroatoms. The lowest BCUT2D eigenvalue weighted by Crippen LogP contribution is -2.42. The average molecular weight is 465 g/mol. The van der Waals surface area contributed by atoms with Crippen LogP contribution in [0, 0.1) is 0 Å². The number of methoxy groups -OCH3 is 1. The summed E-state index contributed by atoms with van der Waals surface area (Å²) in [6.07, 6.45) is 3.83. The zero-order chi connectivity index (χ0) is 24.6. The Morgan fingerprint density at radius 2 is 1.91 bits per heavy atom. The third-order valence-corrected chi connectivity index (χ3v) is 6.87. The van der Waals surface area contributed by atoms with Crippen LogP contribution < -0.4 is 10.3 Å². The van der Waals surface area contributed by atoms with Gasteiger partial charge in [0, 0.05) is 42.8 Å². The Kier molecular flexibility index (Phi) is 6.84. The Morgan fingerprint density at radius 3 is 2.53 bits per heavy atom. The number of aromatic nitrogens is 2. The smallest absolute Gasteiger partial charge is 0.292 e. The molecule has 2 aromatic heterocycles. The highest BCUT2D eigenvalue weighted by Crippen LogP contribution is 2.38. The third kappa shape index (κ3) is 4.62. The van der Waals surface area contributed by atoms with Crippen molar-refractivity contribution in [2.45, 2.75) is 38.5 Å². The van der Waals surface area contributed by atoms with E-state index in [1.165, 1.54) is 23.6 Å². The van der Waals surface area contributed by atoms with E-state index < -0.39 is 0 Å². The quantitative estimate of drug-likeness (QED) is 0.600. The maximum Gasteiger partial charge on any atom is 0.292 e. The fraction of sp³-hybridized carbons (Fsp3) is 0.481. The normalized spacial score (nSPS) is 15.0. The summed E-state index contributed by atoms with van der Waals surface area (Å²) in [4.78, 5) is 32.3. The minimum Gasteiger partial charge on any atom is -0.491 e. The molecule has 7 nitrogen and oxygen atoms in total. The number of hydrogen-bond acceptors (Lipinski definition) is 4. The molecule has 1 amide bonds. The van der Waals surface area contributed by atoms with Gasteiger partial charge in [-0.15, -0.1) is 0 Å². The van der Waals surface area contributed by atoms with Crippen molar-refractivity contribution in [3.63, 3.8) is 0 Å². The second kappa shape index (κ2) is 9.66. The van der Waals surface area contributed by atoms with Crippen LogP contribution >= 0.6 is 0 Å². The van der Waals surface area contributed by atoms with Crippen LogP contribution in [0.2, 0.25) is 0 Å². The molecule has 0 saturated carbocycles. The SMILES string of the molecule is COc1cc(-c2[nH]c3ccc(C4CCN(C(=O)CN(C)C)CC4)cc3c2C(C)C)cn(C)c1=O. The van der Waals surface area contributed by atoms with Crippen LogP contribution in [-0.2, 0) is 11.8 Å². The van der Waals surface area contributed by atoms with Crippen LogP contribution in [0.4, 0.5) is 0 Å². The molecule has 1 saturated heterocycles. The van der Waals surface area contributed by atoms with Crippen LogP contribution in [0.5, 0.6) is 5.75 Å². The predicted octanol–water partition coefficient (Wildman–Crippen LogP) is 3.93. The maximum absolute atomic E-state index is 12.4. The van der Waals surface area contributed by atoms with Crippen LogP contribution in [0.25, 0.3) is 22.2 Å². The lowest BCUT2D eigenvalue weighted by atomic mass is 9.87. The van der Waals surface area contributed by atoms with Crippen molar-refractivity contribution in [1.29, 1.82) is 0 Å². The van der Waals surface area contributed by atoms with E-state index >= 15 is 0 Å². The van der Waals surface area contributed by atoms with Crippen molar-refractivity contribution in [3.8, 4) is 17.0 Å². The average Bonchev–Trinajstić information content (AvgIpc) is 3.19. The highest BCUT2D eigenvalue weighted by Gasteiger charge is 2.25. The molecule has 4 rings (SSSR count). The Labute approximate surface area is 201 Å². The van der Waals surface area contributed by atoms with Gasteiger partial charge in [-0.25, -0.2) is 0 Å². The van der Waals surface area contributed by atoms with Crippen molar-refractivity contribution in [1.82, 2.24) is 19.4 Å². The largest absolute Gasteiger partial charge is 0.491 e. The van der Waals surface area contributed by atoms with E-state index in [1.54, 1.807) is 11.6 Å². The van der Waals surface area contributed by atoms with Crippen molar-refractivity contribution in [2.75, 3.05) is 40.8 Å². The number of nitrogens with one attached hydrogen (secondary N) is 1. The van der Waals surface area contributed by atoms with Gasteiger partial charge < -0.3 is 24.1 Å². The molecule has 0 unspecified atom stereocenters. The van der Waals surface area contributed by atoms with E-state index in [2.05, 4.69) is 37.0 Å². The van der Waals surface area contributed by atoms with E-state index in [1.807, 2.05) is 36.2 Å². The van der Waals surface area contributed by atoms with Gasteiger partial charge in [-0.2, -0.15) is 0 Å². The highest BCUT2D eigenvalue weighted by molar-refractivity contribution is 5.92. The fourth-order valence-electron chi connectivity index (χ4n) is 5.11. The number of ether oxygens (including phenoxy) is 1. The molecule has 0 spiro atoms. The van der Waals surface area contributed by atoms with E-state index in [9.17, 15) is 9.59 Å². The number of hydrogen-bond donors (Lipinski definition) is 1. The van der Waals surface area contributed by atoms with Crippen LogP contribution in [0.15, 0.2) is 35.3 Å². The molecule has 182 valence electrons. The molecule has 1 aliphatic rings. The standard InChI is InChI=1S/C27H36N4O3/c1-17(2)25-21-13-19(18-9-11-31(12-10-18)24(32)16-29(3)4)7-8-22(21)28-26(25)20-14-23(34-6)27(33)30(5)15-20/h7-8,13-15,17-18,28H,9-12,16H2,1-6H3. The van der Waals surface area contributed by atoms with Gasteiger partial charge >= 0.3 is 0 Å². The molecule has 1 N–H and O–H groups in total. The number of carbonyl (C=O) groups is 1. The van der Waals surface area contributed by atoms with Crippen LogP contribution in [0.3, 0.4) is 0 Å². The van der Waals surface area contributed by atoms with Gasteiger partial charge in [0.1, 0.15) is 0 Å². The number of nitrogens with zero attached hydrogens (tertiary/aromatic N) is 3. The predicted molar refractivity (Wildman–Crippen MR) is 137 cm³/mol. The van der Waals surface area contributed by atoms with Gasteiger partial charge in [0.05, 0.1) is 19.3 Å². The van der Waals surface area contributed by atoms with E-state index in [-0.39, 0.29) is 11.5 Å². The van der Waals surface area contributed by atoms with Gasteiger partial charge in [-0.05, 0) is 68.1 Å². The number of aryl methyl sites for hydroxylation is 1. The van der Waals surface area contributed by atoms with E-state index in [0.29, 0.717) is 24.1 Å². The van der Waals surface area contributed by atoms with Gasteiger partial charge in [-0.3, -0.25) is 9.59 Å². The maximum atomic E-state index is 12.4. The summed E-state index contributed by atoms with van der Waals surface area (Å²) >= 11 is 0. The van der Waals surface area contributed by atoms with E-state index in [4.69, 9.17) is 4.74 Å². The first-order chi connectivity index (χ1) is 16.2. The number of aromatic amines is 1. The molecule has 3 aromatic rings. The number of pyridine rings is 1. The number of amides is 1. The summed E-state index contributed by atoms with van der Waals surface area (Å²) in [5.74, 6) is 1.30. The number of likely N-dealkylation sites (N-methyl/N-ethyl adjacent to an activating group) is 1. The van der Waals surface area contributed by atoms with Crippen molar-refractivity contribution in [3.05, 3.63) is 51.9 Å². The molecule has 1 aliphatic heterocycles. The summed E-state index contributed by atoms with van der Waals surface area (Å²) in [7, 11) is 7.14. The topological polar surface area (TPSA) is 70.6 Å². The van der Waals surface area contributed by atoms with Crippen molar-refractivity contribution < 1.29 is 9.53 Å². The van der Waals surface area contributed by atoms with Crippen molar-refractivity contribution in [2.24, 2.45) is 7.05 Å². The van der Waals surface area contributed by atoms with Gasteiger partial charge in [0.15, 0.2) is 5.75 Å². The molecule has 0 bridgehead atoms. The Balaban J connectivity index is 1.66. The number of benzene rings is 1. The highest BCUT2D eigenvalue weighted by atomic mass is 16.5. The number of H-pyrrole nitrogens is 1. The summed E-state index contributed by atoms with van der Waals surface area (Å²) in [5.41, 5.74) is 5.49. The molecule has 0 aliphatic carbocycles. The zero-order valence-corrected chi connectivity index (χ0v) is 21.1. The van der Waals surface area contributed by atoms with Gasteiger partial charge in [0.25, 0.3) is 5.56 Å². The minimum atomic E-state index is -0.147. The summed E-state index contributed by atoms with van der Waals surface area (Å²) in [5, 5.41) is 1.22. The van der Waals surface area contributed by atoms with Crippen LogP contribution in [0.1, 0.15) is 49.7 Å². The first-order valence-electron chi connectivity index (χ1n) is 12.0. The molecule has 3 heterocycles. The number of rotatable bonds is 6. The third-order valence-electron chi connectivity index (χ3n) is 6.87. The molecule has 1 fully saturated rings. The monoisotopic (exact) mass is 464 g/mol. The summed E-state index contributed by atoms with van der Waals surface area (Å²) in [6.45, 7) is 6.49. The molecular formula is C27H36N4O3. The molecule has 34 heavy (non-hydrogen) atoms. The zero-order valence-electron chi connectivity index (χ0n) is 21.1. The number of carbonyl (C=O) groups excluding carboxylic acids is 1. The lowest BCUT2D eigenvalue weighted by Gasteiger charge is -2.33. The number of piperidine rings is 1. The molecule has 1 aromatic carbocycles. The summed E-state index contributed by atoms with van der Waals surface area (Å²) < 4.78 is 6.90.